The van der Waals surface area contributed by atoms with Crippen LogP contribution in [0.3, 0.4) is 0 Å². The largest absolute Gasteiger partial charge is 0.508 e. The molecule has 2 aromatic rings. The van der Waals surface area contributed by atoms with E-state index < -0.39 is 0 Å². The van der Waals surface area contributed by atoms with Gasteiger partial charge in [-0.25, -0.2) is 0 Å². The number of phenols is 2. The highest BCUT2D eigenvalue weighted by Gasteiger charge is 2.51. The first-order valence-corrected chi connectivity index (χ1v) is 11.3. The molecule has 3 aliphatic carbocycles. The lowest BCUT2D eigenvalue weighted by Crippen LogP contribution is -2.49. The number of hydrogen-bond acceptors (Lipinski definition) is 2. The van der Waals surface area contributed by atoms with Crippen LogP contribution < -0.4 is 0 Å². The summed E-state index contributed by atoms with van der Waals surface area (Å²) >= 11 is 0. The second-order valence-corrected chi connectivity index (χ2v) is 9.60. The highest BCUT2D eigenvalue weighted by atomic mass is 16.3. The average Bonchev–Trinajstić information content (AvgIpc) is 2.73. The van der Waals surface area contributed by atoms with Gasteiger partial charge in [-0.3, -0.25) is 0 Å². The van der Waals surface area contributed by atoms with E-state index in [1.54, 1.807) is 0 Å². The van der Waals surface area contributed by atoms with Crippen molar-refractivity contribution >= 4 is 0 Å². The summed E-state index contributed by atoms with van der Waals surface area (Å²) in [6, 6.07) is 16.0. The fourth-order valence-corrected chi connectivity index (χ4v) is 7.13. The van der Waals surface area contributed by atoms with Gasteiger partial charge in [0.25, 0.3) is 0 Å². The Morgan fingerprint density at radius 3 is 1.68 bits per heavy atom. The second-order valence-electron chi connectivity index (χ2n) is 9.60. The maximum absolute atomic E-state index is 9.90. The van der Waals surface area contributed by atoms with Crippen LogP contribution in [-0.2, 0) is 5.41 Å². The molecule has 3 aliphatic rings. The maximum Gasteiger partial charge on any atom is 0.115 e. The van der Waals surface area contributed by atoms with Crippen molar-refractivity contribution in [3.63, 3.8) is 0 Å². The van der Waals surface area contributed by atoms with Gasteiger partial charge in [0, 0.05) is 5.41 Å². The molecule has 148 valence electrons. The van der Waals surface area contributed by atoms with Crippen molar-refractivity contribution in [2.45, 2.75) is 63.2 Å². The Balaban J connectivity index is 1.62. The first-order chi connectivity index (χ1) is 13.7. The zero-order valence-corrected chi connectivity index (χ0v) is 16.7. The molecule has 0 bridgehead atoms. The van der Waals surface area contributed by atoms with Crippen LogP contribution in [0, 0.1) is 23.7 Å². The van der Waals surface area contributed by atoms with Gasteiger partial charge in [0.15, 0.2) is 0 Å². The quantitative estimate of drug-likeness (QED) is 0.636. The number of phenolic OH excluding ortho intramolecular Hbond substituents is 2. The number of benzene rings is 2. The van der Waals surface area contributed by atoms with Crippen LogP contribution in [-0.4, -0.2) is 10.2 Å². The van der Waals surface area contributed by atoms with E-state index in [4.69, 9.17) is 0 Å². The molecule has 0 aromatic heterocycles. The van der Waals surface area contributed by atoms with Gasteiger partial charge >= 0.3 is 0 Å². The highest BCUT2D eigenvalue weighted by molar-refractivity contribution is 5.45. The standard InChI is InChI=1S/C26H32O2/c27-23-11-7-21(8-12-23)26(22-9-13-24(28)14-10-22)15-3-6-20-16-18-4-1-2-5-19(18)17-25(20)26/h7-14,18-20,25,27-28H,1-6,15-17H2. The lowest BCUT2D eigenvalue weighted by Gasteiger charge is -2.55. The smallest absolute Gasteiger partial charge is 0.115 e. The lowest BCUT2D eigenvalue weighted by atomic mass is 9.49. The minimum Gasteiger partial charge on any atom is -0.508 e. The Bertz CT molecular complexity index is 762. The van der Waals surface area contributed by atoms with E-state index in [0.29, 0.717) is 17.4 Å². The third kappa shape index (κ3) is 2.93. The predicted octanol–water partition coefficient (Wildman–Crippen LogP) is 6.40. The van der Waals surface area contributed by atoms with E-state index in [2.05, 4.69) is 24.3 Å². The van der Waals surface area contributed by atoms with Gasteiger partial charge in [0.1, 0.15) is 11.5 Å². The van der Waals surface area contributed by atoms with Crippen LogP contribution in [0.4, 0.5) is 0 Å². The highest BCUT2D eigenvalue weighted by Crippen LogP contribution is 2.59. The molecular weight excluding hydrogens is 344 g/mol. The van der Waals surface area contributed by atoms with E-state index in [1.165, 1.54) is 68.9 Å². The average molecular weight is 377 g/mol. The van der Waals surface area contributed by atoms with E-state index in [9.17, 15) is 10.2 Å². The summed E-state index contributed by atoms with van der Waals surface area (Å²) in [7, 11) is 0. The molecule has 2 nitrogen and oxygen atoms in total. The van der Waals surface area contributed by atoms with Gasteiger partial charge in [0.2, 0.25) is 0 Å². The predicted molar refractivity (Wildman–Crippen MR) is 113 cm³/mol. The SMILES string of the molecule is Oc1ccc(C2(c3ccc(O)cc3)CCCC3CC4CCCCC4CC32)cc1. The molecule has 4 unspecified atom stereocenters. The van der Waals surface area contributed by atoms with Crippen molar-refractivity contribution < 1.29 is 10.2 Å². The Labute approximate surface area is 168 Å². The van der Waals surface area contributed by atoms with Crippen LogP contribution in [0.1, 0.15) is 68.9 Å². The Morgan fingerprint density at radius 2 is 1.11 bits per heavy atom. The van der Waals surface area contributed by atoms with E-state index >= 15 is 0 Å². The van der Waals surface area contributed by atoms with Gasteiger partial charge in [-0.2, -0.15) is 0 Å². The van der Waals surface area contributed by atoms with Gasteiger partial charge in [-0.1, -0.05) is 62.8 Å². The van der Waals surface area contributed by atoms with Crippen molar-refractivity contribution in [3.8, 4) is 11.5 Å². The number of rotatable bonds is 2. The fraction of sp³-hybridized carbons (Fsp3) is 0.538. The number of hydrogen-bond donors (Lipinski definition) is 2. The van der Waals surface area contributed by atoms with Crippen LogP contribution in [0.25, 0.3) is 0 Å². The van der Waals surface area contributed by atoms with Crippen LogP contribution in [0.15, 0.2) is 48.5 Å². The molecule has 0 amide bonds. The Morgan fingerprint density at radius 1 is 0.607 bits per heavy atom. The minimum atomic E-state index is 0.00668. The molecule has 4 atom stereocenters. The normalized spacial score (nSPS) is 31.6. The van der Waals surface area contributed by atoms with E-state index in [-0.39, 0.29) is 5.41 Å². The fourth-order valence-electron chi connectivity index (χ4n) is 7.13. The van der Waals surface area contributed by atoms with E-state index in [1.807, 2.05) is 24.3 Å². The number of fused-ring (bicyclic) bond motifs is 2. The monoisotopic (exact) mass is 376 g/mol. The summed E-state index contributed by atoms with van der Waals surface area (Å²) in [6.07, 6.45) is 12.2. The first-order valence-electron chi connectivity index (χ1n) is 11.3. The molecule has 0 heterocycles. The van der Waals surface area contributed by atoms with Gasteiger partial charge < -0.3 is 10.2 Å². The van der Waals surface area contributed by atoms with Crippen molar-refractivity contribution in [3.05, 3.63) is 59.7 Å². The van der Waals surface area contributed by atoms with Crippen molar-refractivity contribution in [1.82, 2.24) is 0 Å². The Kier molecular flexibility index (Phi) is 4.61. The molecule has 0 saturated heterocycles. The zero-order valence-electron chi connectivity index (χ0n) is 16.7. The molecule has 3 fully saturated rings. The van der Waals surface area contributed by atoms with Crippen molar-refractivity contribution in [1.29, 1.82) is 0 Å². The molecule has 28 heavy (non-hydrogen) atoms. The molecular formula is C26H32O2. The molecule has 2 heteroatoms. The van der Waals surface area contributed by atoms with Crippen LogP contribution >= 0.6 is 0 Å². The first kappa shape index (κ1) is 18.1. The minimum absolute atomic E-state index is 0.00668. The van der Waals surface area contributed by atoms with Crippen molar-refractivity contribution in [2.24, 2.45) is 23.7 Å². The summed E-state index contributed by atoms with van der Waals surface area (Å²) in [6.45, 7) is 0. The summed E-state index contributed by atoms with van der Waals surface area (Å²) in [5.41, 5.74) is 2.70. The molecule has 0 spiro atoms. The molecule has 0 radical (unpaired) electrons. The summed E-state index contributed by atoms with van der Waals surface area (Å²) in [5, 5.41) is 19.8. The Hall–Kier alpha value is -1.96. The van der Waals surface area contributed by atoms with Crippen LogP contribution in [0.2, 0.25) is 0 Å². The van der Waals surface area contributed by atoms with E-state index in [0.717, 1.165) is 17.8 Å². The van der Waals surface area contributed by atoms with Crippen molar-refractivity contribution in [2.75, 3.05) is 0 Å². The zero-order chi connectivity index (χ0) is 19.1. The number of aromatic hydroxyl groups is 2. The summed E-state index contributed by atoms with van der Waals surface area (Å²) in [5.74, 6) is 3.98. The summed E-state index contributed by atoms with van der Waals surface area (Å²) < 4.78 is 0. The van der Waals surface area contributed by atoms with Crippen LogP contribution in [0.5, 0.6) is 11.5 Å². The molecule has 0 aliphatic heterocycles. The lowest BCUT2D eigenvalue weighted by molar-refractivity contribution is 0.0135. The molecule has 2 aromatic carbocycles. The molecule has 3 saturated carbocycles. The molecule has 2 N–H and O–H groups in total. The maximum atomic E-state index is 9.90. The van der Waals surface area contributed by atoms with Gasteiger partial charge in [-0.05, 0) is 78.3 Å². The molecule has 5 rings (SSSR count). The second kappa shape index (κ2) is 7.13. The third-order valence-electron chi connectivity index (χ3n) is 8.34. The topological polar surface area (TPSA) is 40.5 Å². The summed E-state index contributed by atoms with van der Waals surface area (Å²) in [4.78, 5) is 0. The van der Waals surface area contributed by atoms with Gasteiger partial charge in [-0.15, -0.1) is 0 Å². The third-order valence-corrected chi connectivity index (χ3v) is 8.34. The van der Waals surface area contributed by atoms with Gasteiger partial charge in [0.05, 0.1) is 0 Å².